The SMILES string of the molecule is O=C1CCc2cc(S(=O)(=O)NCCc3cccs3)ccc2N1. The molecule has 1 aliphatic rings. The van der Waals surface area contributed by atoms with Crippen molar-refractivity contribution in [1.29, 1.82) is 0 Å². The molecule has 0 atom stereocenters. The highest BCUT2D eigenvalue weighted by Gasteiger charge is 2.19. The lowest BCUT2D eigenvalue weighted by molar-refractivity contribution is -0.116. The normalized spacial score (nSPS) is 14.5. The van der Waals surface area contributed by atoms with Crippen molar-refractivity contribution in [2.45, 2.75) is 24.2 Å². The Balaban J connectivity index is 1.70. The van der Waals surface area contributed by atoms with Gasteiger partial charge in [-0.2, -0.15) is 0 Å². The number of amides is 1. The van der Waals surface area contributed by atoms with Crippen molar-refractivity contribution in [3.05, 3.63) is 46.2 Å². The molecule has 1 aliphatic heterocycles. The van der Waals surface area contributed by atoms with Crippen molar-refractivity contribution in [2.24, 2.45) is 0 Å². The van der Waals surface area contributed by atoms with Crippen LogP contribution in [-0.2, 0) is 27.7 Å². The van der Waals surface area contributed by atoms with Crippen molar-refractivity contribution in [2.75, 3.05) is 11.9 Å². The molecule has 0 fully saturated rings. The minimum Gasteiger partial charge on any atom is -0.326 e. The van der Waals surface area contributed by atoms with E-state index in [1.807, 2.05) is 17.5 Å². The molecule has 0 spiro atoms. The minimum atomic E-state index is -3.52. The molecule has 22 heavy (non-hydrogen) atoms. The molecule has 3 rings (SSSR count). The van der Waals surface area contributed by atoms with E-state index in [0.717, 1.165) is 10.4 Å². The van der Waals surface area contributed by atoms with Gasteiger partial charge in [0.2, 0.25) is 15.9 Å². The van der Waals surface area contributed by atoms with Crippen LogP contribution in [0.4, 0.5) is 5.69 Å². The lowest BCUT2D eigenvalue weighted by Gasteiger charge is -2.17. The standard InChI is InChI=1S/C15H16N2O3S2/c18-15-6-3-11-10-13(4-5-14(11)17-15)22(19,20)16-8-7-12-2-1-9-21-12/h1-2,4-5,9-10,16H,3,6-8H2,(H,17,18). The molecule has 1 amide bonds. The highest BCUT2D eigenvalue weighted by molar-refractivity contribution is 7.89. The third kappa shape index (κ3) is 3.37. The predicted octanol–water partition coefficient (Wildman–Crippen LogP) is 2.15. The largest absolute Gasteiger partial charge is 0.326 e. The molecule has 0 saturated carbocycles. The second kappa shape index (κ2) is 6.20. The number of hydrogen-bond acceptors (Lipinski definition) is 4. The maximum atomic E-state index is 12.3. The molecule has 2 heterocycles. The summed E-state index contributed by atoms with van der Waals surface area (Å²) in [7, 11) is -3.52. The van der Waals surface area contributed by atoms with E-state index in [9.17, 15) is 13.2 Å². The Hall–Kier alpha value is -1.70. The van der Waals surface area contributed by atoms with E-state index in [1.54, 1.807) is 23.5 Å². The first-order chi connectivity index (χ1) is 10.5. The maximum Gasteiger partial charge on any atom is 0.240 e. The predicted molar refractivity (Wildman–Crippen MR) is 86.6 cm³/mol. The van der Waals surface area contributed by atoms with Crippen LogP contribution >= 0.6 is 11.3 Å². The van der Waals surface area contributed by atoms with Gasteiger partial charge in [-0.05, 0) is 48.1 Å². The number of carbonyl (C=O) groups excluding carboxylic acids is 1. The molecule has 2 N–H and O–H groups in total. The summed E-state index contributed by atoms with van der Waals surface area (Å²) in [5.74, 6) is -0.0304. The van der Waals surface area contributed by atoms with E-state index in [4.69, 9.17) is 0 Å². The van der Waals surface area contributed by atoms with Crippen molar-refractivity contribution in [1.82, 2.24) is 4.72 Å². The number of benzene rings is 1. The third-order valence-corrected chi connectivity index (χ3v) is 5.92. The molecule has 2 aromatic rings. The lowest BCUT2D eigenvalue weighted by atomic mass is 10.0. The number of thiophene rings is 1. The third-order valence-electron chi connectivity index (χ3n) is 3.53. The molecule has 1 aromatic carbocycles. The molecule has 0 saturated heterocycles. The van der Waals surface area contributed by atoms with Crippen LogP contribution < -0.4 is 10.0 Å². The number of anilines is 1. The molecule has 0 unspecified atom stereocenters. The van der Waals surface area contributed by atoms with Gasteiger partial charge in [-0.3, -0.25) is 4.79 Å². The van der Waals surface area contributed by atoms with Gasteiger partial charge in [0.1, 0.15) is 0 Å². The Bertz CT molecular complexity index is 783. The Labute approximate surface area is 133 Å². The Morgan fingerprint density at radius 3 is 2.86 bits per heavy atom. The van der Waals surface area contributed by atoms with Crippen LogP contribution in [0, 0.1) is 0 Å². The molecular formula is C15H16N2O3S2. The van der Waals surface area contributed by atoms with Gasteiger partial charge in [0.05, 0.1) is 4.90 Å². The van der Waals surface area contributed by atoms with Crippen LogP contribution in [0.2, 0.25) is 0 Å². The van der Waals surface area contributed by atoms with Crippen molar-refractivity contribution >= 4 is 33.0 Å². The summed E-state index contributed by atoms with van der Waals surface area (Å²) in [5, 5.41) is 4.72. The topological polar surface area (TPSA) is 75.3 Å². The second-order valence-electron chi connectivity index (χ2n) is 5.09. The highest BCUT2D eigenvalue weighted by Crippen LogP contribution is 2.25. The van der Waals surface area contributed by atoms with E-state index in [-0.39, 0.29) is 10.8 Å². The highest BCUT2D eigenvalue weighted by atomic mass is 32.2. The molecule has 116 valence electrons. The minimum absolute atomic E-state index is 0.0304. The summed E-state index contributed by atoms with van der Waals surface area (Å²) in [6.07, 6.45) is 1.64. The Morgan fingerprint density at radius 1 is 1.23 bits per heavy atom. The van der Waals surface area contributed by atoms with E-state index in [0.29, 0.717) is 31.5 Å². The quantitative estimate of drug-likeness (QED) is 0.878. The Kier molecular flexibility index (Phi) is 4.28. The maximum absolute atomic E-state index is 12.3. The average molecular weight is 336 g/mol. The van der Waals surface area contributed by atoms with Gasteiger partial charge >= 0.3 is 0 Å². The van der Waals surface area contributed by atoms with Crippen molar-refractivity contribution < 1.29 is 13.2 Å². The van der Waals surface area contributed by atoms with E-state index in [2.05, 4.69) is 10.0 Å². The van der Waals surface area contributed by atoms with Crippen molar-refractivity contribution in [3.8, 4) is 0 Å². The van der Waals surface area contributed by atoms with Gasteiger partial charge in [-0.1, -0.05) is 6.07 Å². The van der Waals surface area contributed by atoms with Gasteiger partial charge in [0.15, 0.2) is 0 Å². The first-order valence-corrected chi connectivity index (χ1v) is 9.36. The number of aryl methyl sites for hydroxylation is 1. The number of nitrogens with one attached hydrogen (secondary N) is 2. The van der Waals surface area contributed by atoms with Gasteiger partial charge < -0.3 is 5.32 Å². The average Bonchev–Trinajstić information content (AvgIpc) is 2.99. The molecule has 7 heteroatoms. The number of rotatable bonds is 5. The second-order valence-corrected chi connectivity index (χ2v) is 7.89. The van der Waals surface area contributed by atoms with Crippen molar-refractivity contribution in [3.63, 3.8) is 0 Å². The fourth-order valence-corrected chi connectivity index (χ4v) is 4.16. The fraction of sp³-hybridized carbons (Fsp3) is 0.267. The van der Waals surface area contributed by atoms with Crippen LogP contribution in [0.1, 0.15) is 16.9 Å². The van der Waals surface area contributed by atoms with Gasteiger partial charge in [-0.15, -0.1) is 11.3 Å². The molecular weight excluding hydrogens is 320 g/mol. The Morgan fingerprint density at radius 2 is 2.09 bits per heavy atom. The summed E-state index contributed by atoms with van der Waals surface area (Å²) in [5.41, 5.74) is 1.56. The monoisotopic (exact) mass is 336 g/mol. The lowest BCUT2D eigenvalue weighted by Crippen LogP contribution is -2.26. The number of sulfonamides is 1. The number of fused-ring (bicyclic) bond motifs is 1. The van der Waals surface area contributed by atoms with Gasteiger partial charge in [0.25, 0.3) is 0 Å². The summed E-state index contributed by atoms with van der Waals surface area (Å²) in [6.45, 7) is 0.372. The first-order valence-electron chi connectivity index (χ1n) is 6.99. The van der Waals surface area contributed by atoms with Crippen LogP contribution in [0.25, 0.3) is 0 Å². The summed E-state index contributed by atoms with van der Waals surface area (Å²) in [6, 6.07) is 8.76. The van der Waals surface area contributed by atoms with Gasteiger partial charge in [0, 0.05) is 23.5 Å². The zero-order valence-corrected chi connectivity index (χ0v) is 13.5. The molecule has 5 nitrogen and oxygen atoms in total. The zero-order chi connectivity index (χ0) is 15.6. The van der Waals surface area contributed by atoms with Crippen LogP contribution in [0.5, 0.6) is 0 Å². The molecule has 0 aliphatic carbocycles. The van der Waals surface area contributed by atoms with Gasteiger partial charge in [-0.25, -0.2) is 13.1 Å². The van der Waals surface area contributed by atoms with Crippen LogP contribution in [-0.4, -0.2) is 20.9 Å². The molecule has 0 radical (unpaired) electrons. The van der Waals surface area contributed by atoms with E-state index >= 15 is 0 Å². The first kappa shape index (κ1) is 15.2. The molecule has 0 bridgehead atoms. The van der Waals surface area contributed by atoms with E-state index < -0.39 is 10.0 Å². The number of carbonyl (C=O) groups is 1. The molecule has 1 aromatic heterocycles. The van der Waals surface area contributed by atoms with Crippen LogP contribution in [0.3, 0.4) is 0 Å². The summed E-state index contributed by atoms with van der Waals surface area (Å²) < 4.78 is 27.3. The van der Waals surface area contributed by atoms with Crippen LogP contribution in [0.15, 0.2) is 40.6 Å². The van der Waals surface area contributed by atoms with E-state index in [1.165, 1.54) is 6.07 Å². The fourth-order valence-electron chi connectivity index (χ4n) is 2.37. The summed E-state index contributed by atoms with van der Waals surface area (Å²) >= 11 is 1.61. The smallest absolute Gasteiger partial charge is 0.240 e. The number of hydrogen-bond donors (Lipinski definition) is 2. The summed E-state index contributed by atoms with van der Waals surface area (Å²) in [4.78, 5) is 12.7. The zero-order valence-electron chi connectivity index (χ0n) is 11.8.